The number of piperidine rings is 1. The summed E-state index contributed by atoms with van der Waals surface area (Å²) in [4.78, 5) is 0. The lowest BCUT2D eigenvalue weighted by atomic mass is 10.00. The number of rotatable bonds is 6. The predicted octanol–water partition coefficient (Wildman–Crippen LogP) is 0.926. The van der Waals surface area contributed by atoms with Crippen LogP contribution in [0.4, 0.5) is 0 Å². The first kappa shape index (κ1) is 18.1. The van der Waals surface area contributed by atoms with Crippen LogP contribution in [0.5, 0.6) is 0 Å². The van der Waals surface area contributed by atoms with Gasteiger partial charge in [0.05, 0.1) is 0 Å². The van der Waals surface area contributed by atoms with Crippen LogP contribution in [0.25, 0.3) is 0 Å². The second kappa shape index (κ2) is 8.32. The average Bonchev–Trinajstić information content (AvgIpc) is 2.30. The Labute approximate surface area is 118 Å². The van der Waals surface area contributed by atoms with Gasteiger partial charge in [-0.25, -0.2) is 0 Å². The lowest BCUT2D eigenvalue weighted by Gasteiger charge is -2.34. The van der Waals surface area contributed by atoms with Gasteiger partial charge in [-0.15, -0.1) is 12.4 Å². The highest BCUT2D eigenvalue weighted by Gasteiger charge is 2.31. The van der Waals surface area contributed by atoms with E-state index in [1.807, 2.05) is 14.0 Å². The van der Waals surface area contributed by atoms with Gasteiger partial charge < -0.3 is 5.32 Å². The minimum atomic E-state index is -3.24. The van der Waals surface area contributed by atoms with Gasteiger partial charge in [0.2, 0.25) is 0 Å². The van der Waals surface area contributed by atoms with E-state index < -0.39 is 10.2 Å². The number of halogens is 1. The molecule has 1 atom stereocenters. The van der Waals surface area contributed by atoms with Gasteiger partial charge in [0.25, 0.3) is 10.2 Å². The summed E-state index contributed by atoms with van der Waals surface area (Å²) < 4.78 is 27.6. The van der Waals surface area contributed by atoms with Gasteiger partial charge in [0.15, 0.2) is 0 Å². The topological polar surface area (TPSA) is 52.7 Å². The summed E-state index contributed by atoms with van der Waals surface area (Å²) in [7, 11) is 0.344. The molecule has 1 fully saturated rings. The molecule has 1 N–H and O–H groups in total. The Kier molecular flexibility index (Phi) is 8.38. The summed E-state index contributed by atoms with van der Waals surface area (Å²) >= 11 is 0. The van der Waals surface area contributed by atoms with E-state index in [1.54, 1.807) is 11.4 Å². The zero-order valence-electron chi connectivity index (χ0n) is 11.6. The maximum absolute atomic E-state index is 12.3. The molecule has 0 spiro atoms. The first-order valence-electron chi connectivity index (χ1n) is 6.38. The van der Waals surface area contributed by atoms with Crippen molar-refractivity contribution in [3.05, 3.63) is 0 Å². The van der Waals surface area contributed by atoms with Crippen molar-refractivity contribution in [1.29, 1.82) is 0 Å². The summed E-state index contributed by atoms with van der Waals surface area (Å²) in [5.41, 5.74) is 0. The van der Waals surface area contributed by atoms with E-state index in [-0.39, 0.29) is 12.4 Å². The van der Waals surface area contributed by atoms with Crippen molar-refractivity contribution >= 4 is 22.6 Å². The molecule has 18 heavy (non-hydrogen) atoms. The van der Waals surface area contributed by atoms with Crippen LogP contribution < -0.4 is 5.32 Å². The van der Waals surface area contributed by atoms with Crippen molar-refractivity contribution in [3.8, 4) is 0 Å². The molecule has 1 aliphatic rings. The SMILES string of the molecule is CCCN(C)S(=O)(=O)N1CCCC(CNC)C1.Cl. The van der Waals surface area contributed by atoms with Crippen LogP contribution in [0.15, 0.2) is 0 Å². The minimum absolute atomic E-state index is 0. The van der Waals surface area contributed by atoms with Gasteiger partial charge in [0.1, 0.15) is 0 Å². The smallest absolute Gasteiger partial charge is 0.281 e. The summed E-state index contributed by atoms with van der Waals surface area (Å²) in [5, 5.41) is 3.13. The van der Waals surface area contributed by atoms with Crippen molar-refractivity contribution in [2.24, 2.45) is 5.92 Å². The molecule has 0 aromatic heterocycles. The summed E-state index contributed by atoms with van der Waals surface area (Å²) in [5.74, 6) is 0.443. The van der Waals surface area contributed by atoms with E-state index in [4.69, 9.17) is 0 Å². The van der Waals surface area contributed by atoms with Crippen LogP contribution in [0, 0.1) is 5.92 Å². The molecule has 0 aromatic rings. The molecule has 1 aliphatic heterocycles. The minimum Gasteiger partial charge on any atom is -0.319 e. The molecule has 0 radical (unpaired) electrons. The molecule has 0 bridgehead atoms. The van der Waals surface area contributed by atoms with Crippen molar-refractivity contribution in [2.45, 2.75) is 26.2 Å². The molecule has 5 nitrogen and oxygen atoms in total. The Morgan fingerprint density at radius 3 is 2.67 bits per heavy atom. The number of hydrogen-bond acceptors (Lipinski definition) is 3. The van der Waals surface area contributed by atoms with E-state index in [0.717, 1.165) is 25.8 Å². The molecular weight excluding hydrogens is 274 g/mol. The van der Waals surface area contributed by atoms with E-state index in [0.29, 0.717) is 25.6 Å². The number of nitrogens with one attached hydrogen (secondary N) is 1. The summed E-state index contributed by atoms with van der Waals surface area (Å²) in [6.07, 6.45) is 2.93. The molecule has 7 heteroatoms. The van der Waals surface area contributed by atoms with E-state index in [1.165, 1.54) is 4.31 Å². The Balaban J connectivity index is 0.00000289. The van der Waals surface area contributed by atoms with E-state index >= 15 is 0 Å². The van der Waals surface area contributed by atoms with Crippen LogP contribution in [0.3, 0.4) is 0 Å². The van der Waals surface area contributed by atoms with Crippen molar-refractivity contribution in [1.82, 2.24) is 13.9 Å². The quantitative estimate of drug-likeness (QED) is 0.794. The second-order valence-corrected chi connectivity index (χ2v) is 6.79. The van der Waals surface area contributed by atoms with Gasteiger partial charge in [-0.05, 0) is 38.8 Å². The van der Waals surface area contributed by atoms with Crippen molar-refractivity contribution in [3.63, 3.8) is 0 Å². The van der Waals surface area contributed by atoms with Gasteiger partial charge in [-0.2, -0.15) is 17.0 Å². The second-order valence-electron chi connectivity index (χ2n) is 4.75. The fourth-order valence-corrected chi connectivity index (χ4v) is 3.89. The molecule has 0 saturated carbocycles. The Bertz CT molecular complexity index is 322. The Hall–Kier alpha value is 0.120. The third kappa shape index (κ3) is 4.66. The van der Waals surface area contributed by atoms with E-state index in [2.05, 4.69) is 5.32 Å². The van der Waals surface area contributed by atoms with Crippen molar-refractivity contribution < 1.29 is 8.42 Å². The fraction of sp³-hybridized carbons (Fsp3) is 1.00. The third-order valence-corrected chi connectivity index (χ3v) is 5.19. The first-order chi connectivity index (χ1) is 8.02. The zero-order valence-corrected chi connectivity index (χ0v) is 13.2. The Morgan fingerprint density at radius 1 is 1.44 bits per heavy atom. The van der Waals surface area contributed by atoms with Gasteiger partial charge in [0, 0.05) is 26.7 Å². The number of hydrogen-bond donors (Lipinski definition) is 1. The summed E-state index contributed by atoms with van der Waals surface area (Å²) in [6.45, 7) is 4.79. The van der Waals surface area contributed by atoms with Crippen LogP contribution >= 0.6 is 12.4 Å². The number of nitrogens with zero attached hydrogens (tertiary/aromatic N) is 2. The molecule has 0 aliphatic carbocycles. The fourth-order valence-electron chi connectivity index (χ4n) is 2.32. The highest BCUT2D eigenvalue weighted by Crippen LogP contribution is 2.20. The van der Waals surface area contributed by atoms with Crippen LogP contribution in [-0.4, -0.2) is 57.3 Å². The average molecular weight is 300 g/mol. The van der Waals surface area contributed by atoms with Gasteiger partial charge in [-0.3, -0.25) is 0 Å². The summed E-state index contributed by atoms with van der Waals surface area (Å²) in [6, 6.07) is 0. The molecule has 1 rings (SSSR count). The lowest BCUT2D eigenvalue weighted by molar-refractivity contribution is 0.249. The molecule has 1 heterocycles. The maximum Gasteiger partial charge on any atom is 0.281 e. The molecule has 0 amide bonds. The standard InChI is InChI=1S/C11H25N3O2S.ClH/c1-4-7-13(3)17(15,16)14-8-5-6-11(10-14)9-12-2;/h11-12H,4-10H2,1-3H3;1H. The molecule has 1 unspecified atom stereocenters. The largest absolute Gasteiger partial charge is 0.319 e. The highest BCUT2D eigenvalue weighted by molar-refractivity contribution is 7.86. The third-order valence-electron chi connectivity index (χ3n) is 3.23. The highest BCUT2D eigenvalue weighted by atomic mass is 35.5. The maximum atomic E-state index is 12.3. The lowest BCUT2D eigenvalue weighted by Crippen LogP contribution is -2.48. The van der Waals surface area contributed by atoms with Gasteiger partial charge in [-0.1, -0.05) is 6.92 Å². The van der Waals surface area contributed by atoms with Crippen LogP contribution in [0.2, 0.25) is 0 Å². The van der Waals surface area contributed by atoms with E-state index in [9.17, 15) is 8.42 Å². The molecular formula is C11H26ClN3O2S. The molecule has 1 saturated heterocycles. The monoisotopic (exact) mass is 299 g/mol. The predicted molar refractivity (Wildman–Crippen MR) is 77.3 cm³/mol. The van der Waals surface area contributed by atoms with Crippen LogP contribution in [-0.2, 0) is 10.2 Å². The molecule has 110 valence electrons. The first-order valence-corrected chi connectivity index (χ1v) is 7.78. The van der Waals surface area contributed by atoms with Crippen LogP contribution in [0.1, 0.15) is 26.2 Å². The zero-order chi connectivity index (χ0) is 12.9. The Morgan fingerprint density at radius 2 is 2.11 bits per heavy atom. The normalized spacial score (nSPS) is 21.9. The van der Waals surface area contributed by atoms with Gasteiger partial charge >= 0.3 is 0 Å². The van der Waals surface area contributed by atoms with Crippen molar-refractivity contribution in [2.75, 3.05) is 40.3 Å². The molecule has 0 aromatic carbocycles.